The van der Waals surface area contributed by atoms with Gasteiger partial charge in [0, 0.05) is 37.2 Å². The highest BCUT2D eigenvalue weighted by Crippen LogP contribution is 2.46. The number of hydrogen-bond acceptors (Lipinski definition) is 3. The van der Waals surface area contributed by atoms with Crippen molar-refractivity contribution >= 4 is 21.8 Å². The van der Waals surface area contributed by atoms with E-state index in [-0.39, 0.29) is 29.3 Å². The molecule has 0 unspecified atom stereocenters. The summed E-state index contributed by atoms with van der Waals surface area (Å²) in [6.45, 7) is 3.16. The van der Waals surface area contributed by atoms with Crippen molar-refractivity contribution in [1.29, 1.82) is 0 Å². The molecule has 26 heavy (non-hydrogen) atoms. The summed E-state index contributed by atoms with van der Waals surface area (Å²) >= 11 is 3.04. The lowest BCUT2D eigenvalue weighted by Crippen LogP contribution is -2.24. The van der Waals surface area contributed by atoms with Crippen LogP contribution in [0.2, 0.25) is 0 Å². The van der Waals surface area contributed by atoms with Crippen LogP contribution in [0.4, 0.5) is 13.2 Å². The van der Waals surface area contributed by atoms with Gasteiger partial charge in [-0.05, 0) is 35.7 Å². The van der Waals surface area contributed by atoms with Gasteiger partial charge >= 0.3 is 6.18 Å². The summed E-state index contributed by atoms with van der Waals surface area (Å²) in [7, 11) is 0. The molecular weight excluding hydrogens is 415 g/mol. The van der Waals surface area contributed by atoms with E-state index < -0.39 is 11.9 Å². The van der Waals surface area contributed by atoms with E-state index in [1.54, 1.807) is 10.9 Å². The monoisotopic (exact) mass is 433 g/mol. The number of amides is 1. The lowest BCUT2D eigenvalue weighted by Gasteiger charge is -2.07. The molecule has 0 atom stereocenters. The molecule has 6 nitrogen and oxygen atoms in total. The molecule has 1 amide bonds. The van der Waals surface area contributed by atoms with Crippen molar-refractivity contribution in [2.75, 3.05) is 0 Å². The lowest BCUT2D eigenvalue weighted by atomic mass is 10.2. The number of aryl methyl sites for hydroxylation is 2. The van der Waals surface area contributed by atoms with Crippen LogP contribution < -0.4 is 5.32 Å². The molecule has 0 aromatic carbocycles. The summed E-state index contributed by atoms with van der Waals surface area (Å²) in [5, 5.41) is 10.6. The van der Waals surface area contributed by atoms with E-state index in [1.165, 1.54) is 4.68 Å². The molecule has 0 aliphatic heterocycles. The second-order valence-electron chi connectivity index (χ2n) is 6.27. The third-order valence-electron chi connectivity index (χ3n) is 4.22. The number of hydrogen-bond donors (Lipinski definition) is 1. The molecule has 1 N–H and O–H groups in total. The Kier molecular flexibility index (Phi) is 5.40. The maximum absolute atomic E-state index is 13.1. The summed E-state index contributed by atoms with van der Waals surface area (Å²) in [5.41, 5.74) is 0.487. The highest BCUT2D eigenvalue weighted by atomic mass is 79.9. The largest absolute Gasteiger partial charge is 0.436 e. The summed E-state index contributed by atoms with van der Waals surface area (Å²) in [6.07, 6.45) is 0.744. The summed E-state index contributed by atoms with van der Waals surface area (Å²) < 4.78 is 42.3. The Hall–Kier alpha value is -1.84. The van der Waals surface area contributed by atoms with E-state index in [9.17, 15) is 18.0 Å². The Morgan fingerprint density at radius 2 is 2.15 bits per heavy atom. The van der Waals surface area contributed by atoms with Gasteiger partial charge in [-0.3, -0.25) is 14.2 Å². The molecular formula is C16H19BrF3N5O. The highest BCUT2D eigenvalue weighted by molar-refractivity contribution is 9.10. The fourth-order valence-corrected chi connectivity index (χ4v) is 3.55. The van der Waals surface area contributed by atoms with E-state index in [4.69, 9.17) is 0 Å². The van der Waals surface area contributed by atoms with Gasteiger partial charge in [-0.25, -0.2) is 0 Å². The zero-order valence-electron chi connectivity index (χ0n) is 14.2. The first kappa shape index (κ1) is 18.9. The van der Waals surface area contributed by atoms with Crippen LogP contribution in [-0.4, -0.2) is 25.5 Å². The van der Waals surface area contributed by atoms with Crippen molar-refractivity contribution in [2.45, 2.75) is 57.9 Å². The molecule has 1 aliphatic rings. The van der Waals surface area contributed by atoms with Gasteiger partial charge in [0.1, 0.15) is 0 Å². The number of halogens is 4. The molecule has 2 heterocycles. The number of carbonyl (C=O) groups is 1. The molecule has 10 heteroatoms. The molecule has 0 bridgehead atoms. The highest BCUT2D eigenvalue weighted by Gasteiger charge is 2.41. The average Bonchev–Trinajstić information content (AvgIpc) is 3.19. The first-order valence-electron chi connectivity index (χ1n) is 8.41. The minimum atomic E-state index is -4.52. The van der Waals surface area contributed by atoms with Gasteiger partial charge in [0.2, 0.25) is 5.91 Å². The summed E-state index contributed by atoms with van der Waals surface area (Å²) in [6, 6.07) is 0. The quantitative estimate of drug-likeness (QED) is 0.726. The third kappa shape index (κ3) is 4.28. The third-order valence-corrected chi connectivity index (χ3v) is 5.00. The standard InChI is InChI=1S/C16H19BrF3N5O/c1-2-24-9-10(8-22-24)7-21-12(26)5-6-25-14(11-3-4-11)13(17)15(23-25)16(18,19)20/h8-9,11H,2-7H2,1H3,(H,21,26). The molecule has 1 aliphatic carbocycles. The molecule has 1 fully saturated rings. The number of rotatable bonds is 7. The predicted octanol–water partition coefficient (Wildman–Crippen LogP) is 3.46. The Morgan fingerprint density at radius 1 is 1.42 bits per heavy atom. The predicted molar refractivity (Wildman–Crippen MR) is 91.3 cm³/mol. The van der Waals surface area contributed by atoms with Gasteiger partial charge in [-0.15, -0.1) is 0 Å². The Balaban J connectivity index is 1.61. The fourth-order valence-electron chi connectivity index (χ4n) is 2.72. The molecule has 2 aromatic heterocycles. The first-order chi connectivity index (χ1) is 12.3. The van der Waals surface area contributed by atoms with E-state index in [0.29, 0.717) is 12.2 Å². The Bertz CT molecular complexity index is 794. The van der Waals surface area contributed by atoms with Gasteiger partial charge in [0.05, 0.1) is 22.9 Å². The van der Waals surface area contributed by atoms with E-state index in [1.807, 2.05) is 13.1 Å². The van der Waals surface area contributed by atoms with Crippen LogP contribution in [0.1, 0.15) is 49.1 Å². The normalized spacial score (nSPS) is 14.7. The lowest BCUT2D eigenvalue weighted by molar-refractivity contribution is -0.142. The second kappa shape index (κ2) is 7.42. The Labute approximate surface area is 156 Å². The van der Waals surface area contributed by atoms with Gasteiger partial charge in [0.15, 0.2) is 5.69 Å². The SMILES string of the molecule is CCn1cc(CNC(=O)CCn2nc(C(F)(F)F)c(Br)c2C2CC2)cn1. The fraction of sp³-hybridized carbons (Fsp3) is 0.562. The molecule has 142 valence electrons. The number of carbonyl (C=O) groups excluding carboxylic acids is 1. The maximum atomic E-state index is 13.1. The average molecular weight is 434 g/mol. The number of alkyl halides is 3. The van der Waals surface area contributed by atoms with Crippen LogP contribution in [0.15, 0.2) is 16.9 Å². The zero-order chi connectivity index (χ0) is 18.9. The van der Waals surface area contributed by atoms with E-state index in [0.717, 1.165) is 24.9 Å². The molecule has 0 saturated heterocycles. The first-order valence-corrected chi connectivity index (χ1v) is 9.20. The van der Waals surface area contributed by atoms with Gasteiger partial charge in [0.25, 0.3) is 0 Å². The molecule has 0 radical (unpaired) electrons. The van der Waals surface area contributed by atoms with Crippen LogP contribution >= 0.6 is 15.9 Å². The smallest absolute Gasteiger partial charge is 0.352 e. The van der Waals surface area contributed by atoms with Crippen molar-refractivity contribution in [2.24, 2.45) is 0 Å². The van der Waals surface area contributed by atoms with Crippen LogP contribution in [0.3, 0.4) is 0 Å². The second-order valence-corrected chi connectivity index (χ2v) is 7.07. The maximum Gasteiger partial charge on any atom is 0.436 e. The van der Waals surface area contributed by atoms with Crippen molar-refractivity contribution in [1.82, 2.24) is 24.9 Å². The topological polar surface area (TPSA) is 64.7 Å². The van der Waals surface area contributed by atoms with Gasteiger partial charge < -0.3 is 5.32 Å². The van der Waals surface area contributed by atoms with Crippen molar-refractivity contribution in [3.05, 3.63) is 33.8 Å². The van der Waals surface area contributed by atoms with Crippen molar-refractivity contribution < 1.29 is 18.0 Å². The number of aromatic nitrogens is 4. The van der Waals surface area contributed by atoms with E-state index >= 15 is 0 Å². The van der Waals surface area contributed by atoms with Crippen LogP contribution in [0.25, 0.3) is 0 Å². The summed E-state index contributed by atoms with van der Waals surface area (Å²) in [5.74, 6) is -0.160. The molecule has 2 aromatic rings. The van der Waals surface area contributed by atoms with Crippen molar-refractivity contribution in [3.8, 4) is 0 Å². The molecule has 0 spiro atoms. The Morgan fingerprint density at radius 3 is 2.73 bits per heavy atom. The zero-order valence-corrected chi connectivity index (χ0v) is 15.8. The van der Waals surface area contributed by atoms with Crippen LogP contribution in [-0.2, 0) is 30.6 Å². The summed E-state index contributed by atoms with van der Waals surface area (Å²) in [4.78, 5) is 12.0. The van der Waals surface area contributed by atoms with Gasteiger partial charge in [-0.2, -0.15) is 23.4 Å². The van der Waals surface area contributed by atoms with Crippen molar-refractivity contribution in [3.63, 3.8) is 0 Å². The minimum Gasteiger partial charge on any atom is -0.352 e. The minimum absolute atomic E-state index is 0.000104. The molecule has 3 rings (SSSR count). The number of nitrogens with zero attached hydrogens (tertiary/aromatic N) is 4. The van der Waals surface area contributed by atoms with E-state index in [2.05, 4.69) is 31.4 Å². The number of nitrogens with one attached hydrogen (secondary N) is 1. The van der Waals surface area contributed by atoms with Gasteiger partial charge in [-0.1, -0.05) is 0 Å². The molecule has 1 saturated carbocycles. The van der Waals surface area contributed by atoms with Crippen LogP contribution in [0.5, 0.6) is 0 Å². The van der Waals surface area contributed by atoms with Crippen LogP contribution in [0, 0.1) is 0 Å².